The molecule has 2 aromatic rings. The number of nitrogens with zero attached hydrogens (tertiary/aromatic N) is 3. The van der Waals surface area contributed by atoms with Crippen molar-refractivity contribution in [1.82, 2.24) is 15.6 Å². The second-order valence-electron chi connectivity index (χ2n) is 6.91. The molecular formula is C22H30ClN5O2. The molecule has 0 aliphatic carbocycles. The highest BCUT2D eigenvalue weighted by Gasteiger charge is 2.15. The molecule has 0 radical (unpaired) electrons. The number of aromatic nitrogens is 1. The minimum atomic E-state index is 0.555. The molecule has 1 aromatic heterocycles. The fraction of sp³-hybridized carbons (Fsp3) is 0.455. The Morgan fingerprint density at radius 1 is 1.23 bits per heavy atom. The Balaban J connectivity index is 1.61. The molecule has 1 aliphatic heterocycles. The molecule has 1 fully saturated rings. The summed E-state index contributed by atoms with van der Waals surface area (Å²) in [6, 6.07) is 9.81. The van der Waals surface area contributed by atoms with Crippen molar-refractivity contribution >= 4 is 23.4 Å². The van der Waals surface area contributed by atoms with Crippen molar-refractivity contribution in [3.63, 3.8) is 0 Å². The van der Waals surface area contributed by atoms with E-state index in [-0.39, 0.29) is 0 Å². The van der Waals surface area contributed by atoms with Crippen molar-refractivity contribution in [2.24, 2.45) is 4.99 Å². The first-order valence-electron chi connectivity index (χ1n) is 10.3. The number of methoxy groups -OCH3 is 1. The van der Waals surface area contributed by atoms with Crippen LogP contribution in [0.3, 0.4) is 0 Å². The van der Waals surface area contributed by atoms with Crippen molar-refractivity contribution in [2.75, 3.05) is 51.4 Å². The van der Waals surface area contributed by atoms with E-state index in [0.29, 0.717) is 11.6 Å². The van der Waals surface area contributed by atoms with Crippen LogP contribution in [0.2, 0.25) is 5.02 Å². The van der Waals surface area contributed by atoms with Gasteiger partial charge in [0.1, 0.15) is 11.6 Å². The number of aliphatic imine (C=N–C) groups is 1. The van der Waals surface area contributed by atoms with Crippen LogP contribution in [0.1, 0.15) is 18.1 Å². The lowest BCUT2D eigenvalue weighted by Crippen LogP contribution is -2.38. The number of nitrogens with one attached hydrogen (secondary N) is 2. The van der Waals surface area contributed by atoms with E-state index in [0.717, 1.165) is 74.5 Å². The third-order valence-corrected chi connectivity index (χ3v) is 5.23. The summed E-state index contributed by atoms with van der Waals surface area (Å²) in [5, 5.41) is 7.40. The quantitative estimate of drug-likeness (QED) is 0.494. The van der Waals surface area contributed by atoms with E-state index in [1.807, 2.05) is 30.5 Å². The normalized spacial score (nSPS) is 14.5. The van der Waals surface area contributed by atoms with Gasteiger partial charge in [-0.05, 0) is 37.1 Å². The molecule has 1 saturated heterocycles. The van der Waals surface area contributed by atoms with E-state index in [9.17, 15) is 0 Å². The molecule has 0 amide bonds. The number of halogens is 1. The number of benzene rings is 1. The van der Waals surface area contributed by atoms with E-state index in [2.05, 4.69) is 33.5 Å². The fourth-order valence-corrected chi connectivity index (χ4v) is 3.56. The van der Waals surface area contributed by atoms with Gasteiger partial charge in [-0.2, -0.15) is 0 Å². The molecule has 1 aliphatic rings. The number of ether oxygens (including phenoxy) is 2. The van der Waals surface area contributed by atoms with Gasteiger partial charge in [0, 0.05) is 43.0 Å². The fourth-order valence-electron chi connectivity index (χ4n) is 3.29. The molecule has 0 spiro atoms. The maximum Gasteiger partial charge on any atom is 0.191 e. The van der Waals surface area contributed by atoms with Gasteiger partial charge in [-0.1, -0.05) is 23.7 Å². The molecule has 162 valence electrons. The number of hydrogen-bond acceptors (Lipinski definition) is 5. The zero-order valence-electron chi connectivity index (χ0n) is 17.7. The second-order valence-corrected chi connectivity index (χ2v) is 7.32. The van der Waals surface area contributed by atoms with Crippen LogP contribution in [-0.4, -0.2) is 57.4 Å². The highest BCUT2D eigenvalue weighted by Crippen LogP contribution is 2.22. The molecule has 30 heavy (non-hydrogen) atoms. The largest absolute Gasteiger partial charge is 0.497 e. The van der Waals surface area contributed by atoms with E-state index in [1.54, 1.807) is 7.11 Å². The van der Waals surface area contributed by atoms with Crippen molar-refractivity contribution in [3.05, 3.63) is 52.7 Å². The zero-order valence-corrected chi connectivity index (χ0v) is 18.4. The van der Waals surface area contributed by atoms with Gasteiger partial charge >= 0.3 is 0 Å². The number of pyridine rings is 1. The predicted octanol–water partition coefficient (Wildman–Crippen LogP) is 2.88. The summed E-state index contributed by atoms with van der Waals surface area (Å²) >= 11 is 6.34. The first kappa shape index (κ1) is 22.2. The van der Waals surface area contributed by atoms with Gasteiger partial charge in [0.2, 0.25) is 0 Å². The SMILES string of the molecule is CCNC(=NCc1cccnc1N1CCOCC1)NCCc1ccc(OC)cc1Cl. The van der Waals surface area contributed by atoms with Gasteiger partial charge in [0.05, 0.1) is 26.9 Å². The average Bonchev–Trinajstić information content (AvgIpc) is 2.79. The van der Waals surface area contributed by atoms with Crippen LogP contribution in [-0.2, 0) is 17.7 Å². The van der Waals surface area contributed by atoms with Gasteiger partial charge in [0.15, 0.2) is 5.96 Å². The zero-order chi connectivity index (χ0) is 21.2. The van der Waals surface area contributed by atoms with Gasteiger partial charge in [-0.15, -0.1) is 0 Å². The van der Waals surface area contributed by atoms with E-state index in [4.69, 9.17) is 26.1 Å². The standard InChI is InChI=1S/C22H30ClN5O2/c1-3-24-22(26-10-8-17-6-7-19(29-2)15-20(17)23)27-16-18-5-4-9-25-21(18)28-11-13-30-14-12-28/h4-7,9,15H,3,8,10-14,16H2,1-2H3,(H2,24,26,27). The highest BCUT2D eigenvalue weighted by atomic mass is 35.5. The van der Waals surface area contributed by atoms with E-state index < -0.39 is 0 Å². The molecule has 0 atom stereocenters. The predicted molar refractivity (Wildman–Crippen MR) is 122 cm³/mol. The number of rotatable bonds is 8. The van der Waals surface area contributed by atoms with Crippen LogP contribution in [0, 0.1) is 0 Å². The minimum Gasteiger partial charge on any atom is -0.497 e. The Morgan fingerprint density at radius 2 is 2.07 bits per heavy atom. The molecule has 8 heteroatoms. The van der Waals surface area contributed by atoms with Crippen molar-refractivity contribution < 1.29 is 9.47 Å². The maximum atomic E-state index is 6.34. The second kappa shape index (κ2) is 11.6. The number of guanidine groups is 1. The van der Waals surface area contributed by atoms with Crippen molar-refractivity contribution in [1.29, 1.82) is 0 Å². The van der Waals surface area contributed by atoms with Gasteiger partial charge < -0.3 is 25.0 Å². The lowest BCUT2D eigenvalue weighted by atomic mass is 10.1. The summed E-state index contributed by atoms with van der Waals surface area (Å²) in [6.45, 7) is 7.30. The minimum absolute atomic E-state index is 0.555. The number of hydrogen-bond donors (Lipinski definition) is 2. The van der Waals surface area contributed by atoms with Crippen LogP contribution in [0.25, 0.3) is 0 Å². The monoisotopic (exact) mass is 431 g/mol. The molecule has 2 N–H and O–H groups in total. The molecule has 0 unspecified atom stereocenters. The third kappa shape index (κ3) is 6.24. The summed E-state index contributed by atoms with van der Waals surface area (Å²) < 4.78 is 10.7. The van der Waals surface area contributed by atoms with E-state index in [1.165, 1.54) is 0 Å². The van der Waals surface area contributed by atoms with Gasteiger partial charge in [-0.3, -0.25) is 0 Å². The molecule has 0 bridgehead atoms. The number of anilines is 1. The summed E-state index contributed by atoms with van der Waals surface area (Å²) in [4.78, 5) is 11.6. The smallest absolute Gasteiger partial charge is 0.191 e. The molecule has 2 heterocycles. The van der Waals surface area contributed by atoms with Gasteiger partial charge in [-0.25, -0.2) is 9.98 Å². The summed E-state index contributed by atoms with van der Waals surface area (Å²) in [5.74, 6) is 2.53. The van der Waals surface area contributed by atoms with E-state index >= 15 is 0 Å². The Bertz CT molecular complexity index is 840. The van der Waals surface area contributed by atoms with Gasteiger partial charge in [0.25, 0.3) is 0 Å². The molecule has 1 aromatic carbocycles. The molecular weight excluding hydrogens is 402 g/mol. The maximum absolute atomic E-state index is 6.34. The Morgan fingerprint density at radius 3 is 2.80 bits per heavy atom. The summed E-state index contributed by atoms with van der Waals surface area (Å²) in [7, 11) is 1.64. The summed E-state index contributed by atoms with van der Waals surface area (Å²) in [6.07, 6.45) is 2.62. The Kier molecular flexibility index (Phi) is 8.59. The Hall–Kier alpha value is -2.51. The third-order valence-electron chi connectivity index (χ3n) is 4.88. The van der Waals surface area contributed by atoms with Crippen molar-refractivity contribution in [2.45, 2.75) is 19.9 Å². The molecule has 3 rings (SSSR count). The number of morpholine rings is 1. The lowest BCUT2D eigenvalue weighted by molar-refractivity contribution is 0.122. The first-order valence-corrected chi connectivity index (χ1v) is 10.7. The average molecular weight is 432 g/mol. The molecule has 7 nitrogen and oxygen atoms in total. The van der Waals surface area contributed by atoms with Crippen LogP contribution < -0.4 is 20.3 Å². The van der Waals surface area contributed by atoms with Crippen LogP contribution >= 0.6 is 11.6 Å². The van der Waals surface area contributed by atoms with Crippen LogP contribution in [0.15, 0.2) is 41.5 Å². The van der Waals surface area contributed by atoms with Crippen molar-refractivity contribution in [3.8, 4) is 5.75 Å². The first-order chi connectivity index (χ1) is 14.7. The highest BCUT2D eigenvalue weighted by molar-refractivity contribution is 6.31. The van der Waals surface area contributed by atoms with Crippen LogP contribution in [0.5, 0.6) is 5.75 Å². The Labute approximate surface area is 183 Å². The summed E-state index contributed by atoms with van der Waals surface area (Å²) in [5.41, 5.74) is 2.18. The van der Waals surface area contributed by atoms with Crippen LogP contribution in [0.4, 0.5) is 5.82 Å². The topological polar surface area (TPSA) is 71.0 Å². The molecule has 0 saturated carbocycles. The lowest BCUT2D eigenvalue weighted by Gasteiger charge is -2.29.